The smallest absolute Gasteiger partial charge is 0.254 e. The van der Waals surface area contributed by atoms with Crippen LogP contribution in [-0.2, 0) is 0 Å². The first-order chi connectivity index (χ1) is 7.09. The second-order valence-corrected chi connectivity index (χ2v) is 4.82. The lowest BCUT2D eigenvalue weighted by Crippen LogP contribution is -2.54. The zero-order valence-electron chi connectivity index (χ0n) is 8.66. The Morgan fingerprint density at radius 1 is 1.62 bits per heavy atom. The van der Waals surface area contributed by atoms with E-state index in [0.29, 0.717) is 16.8 Å². The van der Waals surface area contributed by atoms with Crippen molar-refractivity contribution in [1.29, 1.82) is 0 Å². The predicted octanol–water partition coefficient (Wildman–Crippen LogP) is 2.08. The Labute approximate surface area is 108 Å². The molecular formula is C10H14BrClN2O2. The predicted molar refractivity (Wildman–Crippen MR) is 66.8 cm³/mol. The van der Waals surface area contributed by atoms with Crippen molar-refractivity contribution in [2.24, 2.45) is 5.73 Å². The van der Waals surface area contributed by atoms with Crippen LogP contribution < -0.4 is 11.1 Å². The summed E-state index contributed by atoms with van der Waals surface area (Å²) in [4.78, 5) is 11.6. The zero-order valence-corrected chi connectivity index (χ0v) is 11.1. The number of nitrogens with two attached hydrogens (primary N) is 1. The molecule has 1 saturated carbocycles. The maximum atomic E-state index is 11.6. The van der Waals surface area contributed by atoms with Crippen LogP contribution in [0.15, 0.2) is 21.4 Å². The summed E-state index contributed by atoms with van der Waals surface area (Å²) in [5.74, 6) is -0.138. The minimum absolute atomic E-state index is 0. The van der Waals surface area contributed by atoms with Gasteiger partial charge in [0.05, 0.1) is 5.56 Å². The Kier molecular flexibility index (Phi) is 4.41. The van der Waals surface area contributed by atoms with E-state index in [9.17, 15) is 4.79 Å². The normalized spacial score (nSPS) is 17.1. The second-order valence-electron chi connectivity index (χ2n) is 4.04. The summed E-state index contributed by atoms with van der Waals surface area (Å²) in [6.07, 6.45) is 4.55. The lowest BCUT2D eigenvalue weighted by Gasteiger charge is -2.38. The highest BCUT2D eigenvalue weighted by Gasteiger charge is 2.32. The van der Waals surface area contributed by atoms with E-state index in [-0.39, 0.29) is 23.9 Å². The first-order valence-corrected chi connectivity index (χ1v) is 5.69. The third kappa shape index (κ3) is 2.99. The molecule has 0 unspecified atom stereocenters. The molecular weight excluding hydrogens is 295 g/mol. The molecule has 1 aliphatic carbocycles. The maximum absolute atomic E-state index is 11.6. The van der Waals surface area contributed by atoms with Crippen molar-refractivity contribution in [3.63, 3.8) is 0 Å². The van der Waals surface area contributed by atoms with Gasteiger partial charge in [0.2, 0.25) is 0 Å². The number of carbonyl (C=O) groups excluding carboxylic acids is 1. The molecule has 3 N–H and O–H groups in total. The fourth-order valence-corrected chi connectivity index (χ4v) is 1.94. The molecule has 0 aliphatic heterocycles. The Balaban J connectivity index is 0.00000128. The van der Waals surface area contributed by atoms with Crippen LogP contribution in [0, 0.1) is 0 Å². The standard InChI is InChI=1S/C10H13BrN2O2.ClH/c11-8-4-7(5-15-8)9(14)13-6-10(12)2-1-3-10;/h4-5H,1-3,6,12H2,(H,13,14);1H. The highest BCUT2D eigenvalue weighted by atomic mass is 79.9. The van der Waals surface area contributed by atoms with Gasteiger partial charge in [-0.25, -0.2) is 0 Å². The van der Waals surface area contributed by atoms with Crippen LogP contribution in [0.3, 0.4) is 0 Å². The van der Waals surface area contributed by atoms with Crippen molar-refractivity contribution in [3.05, 3.63) is 22.6 Å². The molecule has 0 aromatic carbocycles. The monoisotopic (exact) mass is 308 g/mol. The van der Waals surface area contributed by atoms with E-state index >= 15 is 0 Å². The largest absolute Gasteiger partial charge is 0.457 e. The number of nitrogens with one attached hydrogen (secondary N) is 1. The van der Waals surface area contributed by atoms with Gasteiger partial charge in [-0.1, -0.05) is 0 Å². The second kappa shape index (κ2) is 5.21. The van der Waals surface area contributed by atoms with Crippen LogP contribution in [-0.4, -0.2) is 18.0 Å². The third-order valence-corrected chi connectivity index (χ3v) is 3.20. The first kappa shape index (κ1) is 13.5. The molecule has 1 amide bonds. The topological polar surface area (TPSA) is 68.3 Å². The molecule has 16 heavy (non-hydrogen) atoms. The van der Waals surface area contributed by atoms with Crippen LogP contribution in [0.1, 0.15) is 29.6 Å². The van der Waals surface area contributed by atoms with E-state index in [1.165, 1.54) is 6.26 Å². The van der Waals surface area contributed by atoms with E-state index in [1.54, 1.807) is 6.07 Å². The fraction of sp³-hybridized carbons (Fsp3) is 0.500. The highest BCUT2D eigenvalue weighted by Crippen LogP contribution is 2.28. The molecule has 1 aromatic rings. The van der Waals surface area contributed by atoms with Crippen molar-refractivity contribution in [2.45, 2.75) is 24.8 Å². The molecule has 4 nitrogen and oxygen atoms in total. The van der Waals surface area contributed by atoms with Gasteiger partial charge in [-0.15, -0.1) is 12.4 Å². The maximum Gasteiger partial charge on any atom is 0.254 e. The van der Waals surface area contributed by atoms with Crippen molar-refractivity contribution in [1.82, 2.24) is 5.32 Å². The Hall–Kier alpha value is -0.520. The first-order valence-electron chi connectivity index (χ1n) is 4.90. The summed E-state index contributed by atoms with van der Waals surface area (Å²) in [5, 5.41) is 2.81. The van der Waals surface area contributed by atoms with Gasteiger partial charge in [0, 0.05) is 18.2 Å². The van der Waals surface area contributed by atoms with E-state index < -0.39 is 0 Å². The lowest BCUT2D eigenvalue weighted by atomic mass is 9.78. The van der Waals surface area contributed by atoms with Crippen LogP contribution >= 0.6 is 28.3 Å². The molecule has 0 bridgehead atoms. The average Bonchev–Trinajstić information content (AvgIpc) is 2.58. The Bertz CT molecular complexity index is 377. The number of hydrogen-bond donors (Lipinski definition) is 2. The number of carbonyl (C=O) groups is 1. The Morgan fingerprint density at radius 2 is 2.31 bits per heavy atom. The molecule has 0 spiro atoms. The highest BCUT2D eigenvalue weighted by molar-refractivity contribution is 9.10. The van der Waals surface area contributed by atoms with Gasteiger partial charge in [-0.05, 0) is 35.2 Å². The van der Waals surface area contributed by atoms with Crippen molar-refractivity contribution >= 4 is 34.2 Å². The van der Waals surface area contributed by atoms with Gasteiger partial charge in [-0.3, -0.25) is 4.79 Å². The molecule has 0 radical (unpaired) electrons. The molecule has 1 aliphatic rings. The quantitative estimate of drug-likeness (QED) is 0.898. The van der Waals surface area contributed by atoms with Gasteiger partial charge in [0.25, 0.3) is 5.91 Å². The summed E-state index contributed by atoms with van der Waals surface area (Å²) in [6.45, 7) is 0.536. The lowest BCUT2D eigenvalue weighted by molar-refractivity contribution is 0.0929. The third-order valence-electron chi connectivity index (χ3n) is 2.78. The van der Waals surface area contributed by atoms with Crippen LogP contribution in [0.5, 0.6) is 0 Å². The summed E-state index contributed by atoms with van der Waals surface area (Å²) in [7, 11) is 0. The van der Waals surface area contributed by atoms with E-state index in [1.807, 2.05) is 0 Å². The van der Waals surface area contributed by atoms with E-state index in [2.05, 4.69) is 21.2 Å². The van der Waals surface area contributed by atoms with Crippen LogP contribution in [0.25, 0.3) is 0 Å². The molecule has 0 atom stereocenters. The van der Waals surface area contributed by atoms with Gasteiger partial charge in [0.15, 0.2) is 4.67 Å². The van der Waals surface area contributed by atoms with Crippen molar-refractivity contribution < 1.29 is 9.21 Å². The molecule has 1 fully saturated rings. The number of rotatable bonds is 3. The SMILES string of the molecule is Cl.NC1(CNC(=O)c2coc(Br)c2)CCC1. The number of amides is 1. The van der Waals surface area contributed by atoms with Gasteiger partial charge >= 0.3 is 0 Å². The van der Waals surface area contributed by atoms with E-state index in [4.69, 9.17) is 10.2 Å². The van der Waals surface area contributed by atoms with Gasteiger partial charge in [-0.2, -0.15) is 0 Å². The number of hydrogen-bond acceptors (Lipinski definition) is 3. The molecule has 1 aromatic heterocycles. The van der Waals surface area contributed by atoms with Gasteiger partial charge < -0.3 is 15.5 Å². The molecule has 2 rings (SSSR count). The van der Waals surface area contributed by atoms with Crippen molar-refractivity contribution in [3.8, 4) is 0 Å². The fourth-order valence-electron chi connectivity index (χ4n) is 1.60. The van der Waals surface area contributed by atoms with Crippen molar-refractivity contribution in [2.75, 3.05) is 6.54 Å². The minimum atomic E-state index is -0.184. The zero-order chi connectivity index (χ0) is 10.9. The molecule has 6 heteroatoms. The van der Waals surface area contributed by atoms with Gasteiger partial charge in [0.1, 0.15) is 6.26 Å². The summed E-state index contributed by atoms with van der Waals surface area (Å²) >= 11 is 3.14. The van der Waals surface area contributed by atoms with Crippen LogP contribution in [0.2, 0.25) is 0 Å². The summed E-state index contributed by atoms with van der Waals surface area (Å²) < 4.78 is 5.54. The van der Waals surface area contributed by atoms with E-state index in [0.717, 1.165) is 19.3 Å². The number of halogens is 2. The summed E-state index contributed by atoms with van der Waals surface area (Å²) in [6, 6.07) is 1.64. The minimum Gasteiger partial charge on any atom is -0.457 e. The Morgan fingerprint density at radius 3 is 2.75 bits per heavy atom. The molecule has 0 saturated heterocycles. The summed E-state index contributed by atoms with van der Waals surface area (Å²) in [5.41, 5.74) is 6.32. The molecule has 90 valence electrons. The average molecular weight is 310 g/mol. The number of furan rings is 1. The molecule has 1 heterocycles. The van der Waals surface area contributed by atoms with Crippen LogP contribution in [0.4, 0.5) is 0 Å².